The minimum absolute atomic E-state index is 0.155. The van der Waals surface area contributed by atoms with Crippen LogP contribution in [0.5, 0.6) is 0 Å². The van der Waals surface area contributed by atoms with Crippen LogP contribution in [-0.4, -0.2) is 55.9 Å². The van der Waals surface area contributed by atoms with Crippen molar-refractivity contribution in [1.29, 1.82) is 0 Å². The van der Waals surface area contributed by atoms with Gasteiger partial charge in [0.25, 0.3) is 11.8 Å². The van der Waals surface area contributed by atoms with Gasteiger partial charge in [-0.25, -0.2) is 8.42 Å². The van der Waals surface area contributed by atoms with E-state index in [1.54, 1.807) is 19.5 Å². The van der Waals surface area contributed by atoms with Gasteiger partial charge in [0.05, 0.1) is 16.3 Å². The molecule has 0 radical (unpaired) electrons. The van der Waals surface area contributed by atoms with Gasteiger partial charge in [0.2, 0.25) is 11.8 Å². The maximum Gasteiger partial charge on any atom is 0.275 e. The van der Waals surface area contributed by atoms with Crippen molar-refractivity contribution in [1.82, 2.24) is 20.4 Å². The monoisotopic (exact) mass is 600 g/mol. The highest BCUT2D eigenvalue weighted by molar-refractivity contribution is 8.72. The Hall–Kier alpha value is -2.16. The first-order chi connectivity index (χ1) is 18.1. The summed E-state index contributed by atoms with van der Waals surface area (Å²) in [7, 11) is 3.04. The molecule has 38 heavy (non-hydrogen) atoms. The Morgan fingerprint density at radius 1 is 0.842 bits per heavy atom. The Bertz CT molecular complexity index is 1210. The molecule has 0 aliphatic carbocycles. The topological polar surface area (TPSA) is 133 Å². The van der Waals surface area contributed by atoms with Crippen LogP contribution in [0.3, 0.4) is 0 Å². The molecule has 208 valence electrons. The van der Waals surface area contributed by atoms with Gasteiger partial charge in [-0.05, 0) is 34.4 Å². The molecular weight excluding hydrogens is 569 g/mol. The van der Waals surface area contributed by atoms with Gasteiger partial charge in [0, 0.05) is 37.8 Å². The lowest BCUT2D eigenvalue weighted by atomic mass is 10.2. The number of rotatable bonds is 10. The fourth-order valence-corrected chi connectivity index (χ4v) is 9.15. The van der Waals surface area contributed by atoms with Gasteiger partial charge in [0.15, 0.2) is 0 Å². The quantitative estimate of drug-likeness (QED) is 0.289. The number of likely N-dealkylation sites (N-methyl/N-ethyl adjacent to an activating group) is 2. The number of nitrogens with one attached hydrogen (secondary N) is 2. The fraction of sp³-hybridized carbons (Fsp3) is 0.500. The number of hydrogen-bond donors (Lipinski definition) is 2. The van der Waals surface area contributed by atoms with E-state index in [2.05, 4.69) is 24.5 Å². The predicted molar refractivity (Wildman–Crippen MR) is 152 cm³/mol. The van der Waals surface area contributed by atoms with E-state index in [4.69, 9.17) is 0 Å². The molecule has 0 aromatic carbocycles. The van der Waals surface area contributed by atoms with Gasteiger partial charge in [0.1, 0.15) is 36.0 Å². The van der Waals surface area contributed by atoms with Crippen LogP contribution >= 0.6 is 21.6 Å². The molecule has 2 atom stereocenters. The number of nitrogens with zero attached hydrogens (tertiary/aromatic N) is 2. The van der Waals surface area contributed by atoms with E-state index < -0.39 is 19.7 Å². The van der Waals surface area contributed by atoms with Gasteiger partial charge >= 0.3 is 0 Å². The van der Waals surface area contributed by atoms with Gasteiger partial charge < -0.3 is 20.4 Å². The normalized spacial score (nSPS) is 21.8. The average Bonchev–Trinajstić information content (AvgIpc) is 3.57. The van der Waals surface area contributed by atoms with Crippen molar-refractivity contribution >= 4 is 64.9 Å². The van der Waals surface area contributed by atoms with Crippen molar-refractivity contribution < 1.29 is 27.6 Å². The van der Waals surface area contributed by atoms with E-state index >= 15 is 0 Å². The van der Waals surface area contributed by atoms with E-state index in [-0.39, 0.29) is 35.0 Å². The highest BCUT2D eigenvalue weighted by Crippen LogP contribution is 2.43. The molecule has 2 N–H and O–H groups in total. The molecular formula is C24H32N4O6S4. The van der Waals surface area contributed by atoms with Crippen LogP contribution in [0.4, 0.5) is 0 Å². The van der Waals surface area contributed by atoms with Gasteiger partial charge in [-0.3, -0.25) is 19.2 Å². The lowest BCUT2D eigenvalue weighted by Crippen LogP contribution is -2.30. The van der Waals surface area contributed by atoms with Crippen molar-refractivity contribution in [2.75, 3.05) is 14.1 Å². The minimum atomic E-state index is -1.30. The van der Waals surface area contributed by atoms with Gasteiger partial charge in [-0.15, -0.1) is 0 Å². The summed E-state index contributed by atoms with van der Waals surface area (Å²) in [6.07, 6.45) is 6.49. The van der Waals surface area contributed by atoms with Crippen LogP contribution in [0, 0.1) is 0 Å². The second kappa shape index (κ2) is 13.8. The zero-order chi connectivity index (χ0) is 28.0. The van der Waals surface area contributed by atoms with E-state index in [0.29, 0.717) is 34.0 Å². The maximum atomic E-state index is 12.0. The van der Waals surface area contributed by atoms with Crippen molar-refractivity contribution in [3.8, 4) is 0 Å². The molecule has 4 amide bonds. The SMILES string of the molecule is CCCCCC(=O)NC1=C2C(=CSS2=O)N(C)C1=O.CCCCCC(=O)NC1=C2SS(=O)C=C2N(C)C1=O. The van der Waals surface area contributed by atoms with Crippen molar-refractivity contribution in [2.24, 2.45) is 0 Å². The third kappa shape index (κ3) is 6.88. The molecule has 2 unspecified atom stereocenters. The van der Waals surface area contributed by atoms with Crippen molar-refractivity contribution in [3.63, 3.8) is 0 Å². The highest BCUT2D eigenvalue weighted by Gasteiger charge is 2.40. The van der Waals surface area contributed by atoms with Gasteiger partial charge in [-0.2, -0.15) is 0 Å². The van der Waals surface area contributed by atoms with E-state index in [0.717, 1.165) is 60.1 Å². The second-order valence-electron chi connectivity index (χ2n) is 8.83. The highest BCUT2D eigenvalue weighted by atomic mass is 33.1. The number of carbonyl (C=O) groups is 4. The standard InChI is InChI=1S/2C12H16N2O3S2/c1-3-4-5-6-9(15)13-10-11-8(7-19(17)18-11)14(2)12(10)16;1-3-4-5-6-9(15)13-10-11-8(7-18-19(11)17)14(2)12(10)16/h2*7H,3-6H2,1-2H3,(H,13,15). The summed E-state index contributed by atoms with van der Waals surface area (Å²) in [5, 5.41) is 8.52. The lowest BCUT2D eigenvalue weighted by Gasteiger charge is -2.10. The molecule has 14 heteroatoms. The predicted octanol–water partition coefficient (Wildman–Crippen LogP) is 3.24. The smallest absolute Gasteiger partial charge is 0.275 e. The van der Waals surface area contributed by atoms with E-state index in [1.165, 1.54) is 15.2 Å². The molecule has 0 bridgehead atoms. The Kier molecular flexibility index (Phi) is 11.0. The van der Waals surface area contributed by atoms with E-state index in [1.807, 2.05) is 0 Å². The van der Waals surface area contributed by atoms with Gasteiger partial charge in [-0.1, -0.05) is 39.5 Å². The van der Waals surface area contributed by atoms with Crippen molar-refractivity contribution in [3.05, 3.63) is 43.4 Å². The number of carbonyl (C=O) groups excluding carboxylic acids is 4. The van der Waals surface area contributed by atoms with Crippen LogP contribution in [-0.2, 0) is 38.8 Å². The molecule has 4 aliphatic rings. The van der Waals surface area contributed by atoms with Crippen LogP contribution < -0.4 is 10.6 Å². The third-order valence-corrected chi connectivity index (χ3v) is 11.0. The Balaban J connectivity index is 0.000000211. The summed E-state index contributed by atoms with van der Waals surface area (Å²) in [5.41, 5.74) is 1.72. The number of hydrogen-bond acceptors (Lipinski definition) is 8. The largest absolute Gasteiger partial charge is 0.320 e. The number of unbranched alkanes of at least 4 members (excludes halogenated alkanes) is 4. The fourth-order valence-electron chi connectivity index (χ4n) is 3.86. The van der Waals surface area contributed by atoms with Crippen molar-refractivity contribution in [2.45, 2.75) is 65.2 Å². The summed E-state index contributed by atoms with van der Waals surface area (Å²) in [5.74, 6) is -0.877. The summed E-state index contributed by atoms with van der Waals surface area (Å²) < 4.78 is 23.3. The Labute approximate surface area is 234 Å². The third-order valence-electron chi connectivity index (χ3n) is 6.01. The Morgan fingerprint density at radius 2 is 1.37 bits per heavy atom. The molecule has 0 fully saturated rings. The molecule has 0 saturated carbocycles. The Morgan fingerprint density at radius 3 is 1.95 bits per heavy atom. The number of fused-ring (bicyclic) bond motifs is 2. The van der Waals surface area contributed by atoms with E-state index in [9.17, 15) is 27.6 Å². The summed E-state index contributed by atoms with van der Waals surface area (Å²) >= 11 is 0. The zero-order valence-corrected chi connectivity index (χ0v) is 25.1. The zero-order valence-electron chi connectivity index (χ0n) is 21.8. The first-order valence-electron chi connectivity index (χ1n) is 12.4. The maximum absolute atomic E-state index is 12.0. The first-order valence-corrected chi connectivity index (χ1v) is 17.4. The van der Waals surface area contributed by atoms with Crippen LogP contribution in [0.25, 0.3) is 0 Å². The second-order valence-corrected chi connectivity index (χ2v) is 14.4. The molecule has 4 heterocycles. The molecule has 4 aliphatic heterocycles. The summed E-state index contributed by atoms with van der Waals surface area (Å²) in [6, 6.07) is 0. The lowest BCUT2D eigenvalue weighted by molar-refractivity contribution is -0.126. The number of amides is 4. The van der Waals surface area contributed by atoms with Crippen LogP contribution in [0.15, 0.2) is 43.4 Å². The molecule has 0 saturated heterocycles. The molecule has 0 aromatic rings. The minimum Gasteiger partial charge on any atom is -0.320 e. The average molecular weight is 601 g/mol. The summed E-state index contributed by atoms with van der Waals surface area (Å²) in [6.45, 7) is 4.13. The van der Waals surface area contributed by atoms with Crippen LogP contribution in [0.2, 0.25) is 0 Å². The van der Waals surface area contributed by atoms with Crippen LogP contribution in [0.1, 0.15) is 65.2 Å². The molecule has 0 aromatic heterocycles. The summed E-state index contributed by atoms with van der Waals surface area (Å²) in [4.78, 5) is 51.5. The molecule has 0 spiro atoms. The molecule has 10 nitrogen and oxygen atoms in total. The first kappa shape index (κ1) is 30.4. The molecule has 4 rings (SSSR count).